The number of hydrogen-bond donors (Lipinski definition) is 2. The second kappa shape index (κ2) is 4.56. The fraction of sp³-hybridized carbons (Fsp3) is 0. The summed E-state index contributed by atoms with van der Waals surface area (Å²) in [6.45, 7) is 0. The molecule has 0 saturated carbocycles. The van der Waals surface area contributed by atoms with Gasteiger partial charge in [0.2, 0.25) is 0 Å². The molecule has 0 radical (unpaired) electrons. The molecule has 0 fully saturated rings. The Labute approximate surface area is 100 Å². The van der Waals surface area contributed by atoms with Crippen LogP contribution in [-0.4, -0.2) is 0 Å². The SMILES string of the molecule is Nc1cc(F)c(Nc2ccc(F)cc2F)c(F)c1. The van der Waals surface area contributed by atoms with Crippen molar-refractivity contribution in [2.24, 2.45) is 0 Å². The van der Waals surface area contributed by atoms with Crippen LogP contribution in [0.5, 0.6) is 0 Å². The van der Waals surface area contributed by atoms with Crippen LogP contribution in [0.4, 0.5) is 34.6 Å². The number of nitrogens with one attached hydrogen (secondary N) is 1. The average Bonchev–Trinajstić information content (AvgIpc) is 2.25. The van der Waals surface area contributed by atoms with Gasteiger partial charge in [-0.1, -0.05) is 0 Å². The van der Waals surface area contributed by atoms with Crippen LogP contribution in [0.2, 0.25) is 0 Å². The monoisotopic (exact) mass is 256 g/mol. The van der Waals surface area contributed by atoms with Gasteiger partial charge in [-0.15, -0.1) is 0 Å². The second-order valence-electron chi connectivity index (χ2n) is 3.61. The van der Waals surface area contributed by atoms with Gasteiger partial charge in [-0.2, -0.15) is 0 Å². The van der Waals surface area contributed by atoms with Crippen molar-refractivity contribution in [2.45, 2.75) is 0 Å². The van der Waals surface area contributed by atoms with Gasteiger partial charge >= 0.3 is 0 Å². The third-order valence-corrected chi connectivity index (χ3v) is 2.26. The molecule has 0 heterocycles. The fourth-order valence-corrected chi connectivity index (χ4v) is 1.44. The average molecular weight is 256 g/mol. The van der Waals surface area contributed by atoms with E-state index in [4.69, 9.17) is 5.73 Å². The number of rotatable bonds is 2. The van der Waals surface area contributed by atoms with Gasteiger partial charge in [0.1, 0.15) is 17.3 Å². The minimum absolute atomic E-state index is 0.0878. The number of anilines is 3. The molecule has 0 aromatic heterocycles. The van der Waals surface area contributed by atoms with E-state index >= 15 is 0 Å². The molecule has 2 nitrogen and oxygen atoms in total. The molecule has 0 aliphatic rings. The largest absolute Gasteiger partial charge is 0.399 e. The zero-order chi connectivity index (χ0) is 13.3. The summed E-state index contributed by atoms with van der Waals surface area (Å²) in [5, 5.41) is 2.22. The summed E-state index contributed by atoms with van der Waals surface area (Å²) >= 11 is 0. The Hall–Kier alpha value is -2.24. The van der Waals surface area contributed by atoms with E-state index in [1.165, 1.54) is 0 Å². The van der Waals surface area contributed by atoms with Crippen LogP contribution in [0, 0.1) is 23.3 Å². The number of hydrogen-bond acceptors (Lipinski definition) is 2. The first-order chi connectivity index (χ1) is 8.47. The highest BCUT2D eigenvalue weighted by Gasteiger charge is 2.12. The lowest BCUT2D eigenvalue weighted by molar-refractivity contribution is 0.582. The Morgan fingerprint density at radius 1 is 0.833 bits per heavy atom. The van der Waals surface area contributed by atoms with Crippen LogP contribution < -0.4 is 11.1 Å². The number of benzene rings is 2. The van der Waals surface area contributed by atoms with Gasteiger partial charge in [-0.05, 0) is 24.3 Å². The van der Waals surface area contributed by atoms with E-state index in [-0.39, 0.29) is 11.4 Å². The molecular weight excluding hydrogens is 248 g/mol. The topological polar surface area (TPSA) is 38.0 Å². The Morgan fingerprint density at radius 2 is 1.44 bits per heavy atom. The second-order valence-corrected chi connectivity index (χ2v) is 3.61. The molecule has 94 valence electrons. The van der Waals surface area contributed by atoms with Crippen molar-refractivity contribution in [3.05, 3.63) is 53.6 Å². The molecule has 2 rings (SSSR count). The Balaban J connectivity index is 2.40. The van der Waals surface area contributed by atoms with Crippen molar-refractivity contribution in [3.8, 4) is 0 Å². The Morgan fingerprint density at radius 3 is 2.00 bits per heavy atom. The zero-order valence-corrected chi connectivity index (χ0v) is 8.98. The molecule has 0 aliphatic carbocycles. The molecular formula is C12H8F4N2. The van der Waals surface area contributed by atoms with Gasteiger partial charge in [-0.3, -0.25) is 0 Å². The molecule has 0 atom stereocenters. The predicted octanol–water partition coefficient (Wildman–Crippen LogP) is 3.57. The highest BCUT2D eigenvalue weighted by Crippen LogP contribution is 2.27. The molecule has 0 saturated heterocycles. The normalized spacial score (nSPS) is 10.4. The molecule has 2 aromatic rings. The van der Waals surface area contributed by atoms with Crippen LogP contribution >= 0.6 is 0 Å². The predicted molar refractivity (Wildman–Crippen MR) is 60.4 cm³/mol. The molecule has 0 aliphatic heterocycles. The molecule has 0 bridgehead atoms. The number of nitrogen functional groups attached to an aromatic ring is 1. The molecule has 6 heteroatoms. The smallest absolute Gasteiger partial charge is 0.151 e. The van der Waals surface area contributed by atoms with Crippen molar-refractivity contribution < 1.29 is 17.6 Å². The number of halogens is 4. The van der Waals surface area contributed by atoms with E-state index in [1.807, 2.05) is 0 Å². The summed E-state index contributed by atoms with van der Waals surface area (Å²) in [6.07, 6.45) is 0. The van der Waals surface area contributed by atoms with E-state index in [9.17, 15) is 17.6 Å². The molecule has 0 spiro atoms. The van der Waals surface area contributed by atoms with Crippen LogP contribution in [0.25, 0.3) is 0 Å². The minimum atomic E-state index is -0.962. The zero-order valence-electron chi connectivity index (χ0n) is 8.98. The van der Waals surface area contributed by atoms with E-state index in [1.54, 1.807) is 0 Å². The summed E-state index contributed by atoms with van der Waals surface area (Å²) in [5.41, 5.74) is 4.37. The first-order valence-electron chi connectivity index (χ1n) is 4.94. The molecule has 0 unspecified atom stereocenters. The van der Waals surface area contributed by atoms with Gasteiger partial charge in [0.15, 0.2) is 11.6 Å². The summed E-state index contributed by atoms with van der Waals surface area (Å²) in [4.78, 5) is 0. The molecule has 3 N–H and O–H groups in total. The van der Waals surface area contributed by atoms with Gasteiger partial charge in [0.25, 0.3) is 0 Å². The molecule has 18 heavy (non-hydrogen) atoms. The van der Waals surface area contributed by atoms with Crippen LogP contribution in [-0.2, 0) is 0 Å². The van der Waals surface area contributed by atoms with E-state index in [0.717, 1.165) is 24.3 Å². The summed E-state index contributed by atoms with van der Waals surface area (Å²) in [5.74, 6) is -3.66. The maximum Gasteiger partial charge on any atom is 0.151 e. The lowest BCUT2D eigenvalue weighted by atomic mass is 10.2. The highest BCUT2D eigenvalue weighted by atomic mass is 19.1. The van der Waals surface area contributed by atoms with Gasteiger partial charge in [0, 0.05) is 11.8 Å². The van der Waals surface area contributed by atoms with Crippen molar-refractivity contribution >= 4 is 17.1 Å². The van der Waals surface area contributed by atoms with Crippen LogP contribution in [0.3, 0.4) is 0 Å². The lowest BCUT2D eigenvalue weighted by Gasteiger charge is -2.10. The van der Waals surface area contributed by atoms with Crippen LogP contribution in [0.15, 0.2) is 30.3 Å². The lowest BCUT2D eigenvalue weighted by Crippen LogP contribution is -2.01. The molecule has 2 aromatic carbocycles. The minimum Gasteiger partial charge on any atom is -0.399 e. The maximum atomic E-state index is 13.4. The van der Waals surface area contributed by atoms with E-state index < -0.39 is 29.0 Å². The van der Waals surface area contributed by atoms with Gasteiger partial charge in [0.05, 0.1) is 5.69 Å². The summed E-state index contributed by atoms with van der Waals surface area (Å²) in [6, 6.07) is 4.41. The van der Waals surface area contributed by atoms with E-state index in [2.05, 4.69) is 5.32 Å². The summed E-state index contributed by atoms with van der Waals surface area (Å²) < 4.78 is 52.8. The standard InChI is InChI=1S/C12H8F4N2/c13-6-1-2-11(8(14)3-6)18-12-9(15)4-7(17)5-10(12)16/h1-5,18H,17H2. The van der Waals surface area contributed by atoms with Crippen molar-refractivity contribution in [2.75, 3.05) is 11.1 Å². The fourth-order valence-electron chi connectivity index (χ4n) is 1.44. The first kappa shape index (κ1) is 12.2. The Bertz CT molecular complexity index is 576. The third kappa shape index (κ3) is 2.37. The number of nitrogens with two attached hydrogens (primary N) is 1. The van der Waals surface area contributed by atoms with E-state index in [0.29, 0.717) is 6.07 Å². The van der Waals surface area contributed by atoms with Crippen molar-refractivity contribution in [1.29, 1.82) is 0 Å². The maximum absolute atomic E-state index is 13.4. The van der Waals surface area contributed by atoms with Crippen LogP contribution in [0.1, 0.15) is 0 Å². The highest BCUT2D eigenvalue weighted by molar-refractivity contribution is 5.63. The van der Waals surface area contributed by atoms with Gasteiger partial charge < -0.3 is 11.1 Å². The summed E-state index contributed by atoms with van der Waals surface area (Å²) in [7, 11) is 0. The third-order valence-electron chi connectivity index (χ3n) is 2.26. The quantitative estimate of drug-likeness (QED) is 0.636. The van der Waals surface area contributed by atoms with Crippen molar-refractivity contribution in [3.63, 3.8) is 0 Å². The molecule has 0 amide bonds. The Kier molecular flexibility index (Phi) is 3.10. The van der Waals surface area contributed by atoms with Gasteiger partial charge in [-0.25, -0.2) is 17.6 Å². The first-order valence-corrected chi connectivity index (χ1v) is 4.94. The van der Waals surface area contributed by atoms with Crippen molar-refractivity contribution in [1.82, 2.24) is 0 Å².